The van der Waals surface area contributed by atoms with Gasteiger partial charge in [-0.3, -0.25) is 4.79 Å². The van der Waals surface area contributed by atoms with Crippen LogP contribution < -0.4 is 5.32 Å². The number of alkyl halides is 1. The third kappa shape index (κ3) is 4.31. The summed E-state index contributed by atoms with van der Waals surface area (Å²) in [5, 5.41) is 8.51. The fraction of sp³-hybridized carbons (Fsp3) is 0.429. The van der Waals surface area contributed by atoms with Gasteiger partial charge in [0.25, 0.3) is 0 Å². The molecule has 5 nitrogen and oxygen atoms in total. The molecule has 0 saturated carbocycles. The third-order valence-corrected chi connectivity index (χ3v) is 3.11. The second-order valence-electron chi connectivity index (χ2n) is 4.31. The smallest absolute Gasteiger partial charge is 0.226 e. The Morgan fingerprint density at radius 1 is 1.35 bits per heavy atom. The molecule has 2 aromatic rings. The topological polar surface area (TPSA) is 64.4 Å². The highest BCUT2D eigenvalue weighted by Gasteiger charge is 2.11. The van der Waals surface area contributed by atoms with Crippen molar-refractivity contribution >= 4 is 32.8 Å². The summed E-state index contributed by atoms with van der Waals surface area (Å²) >= 11 is 3.28. The first kappa shape index (κ1) is 15.0. The van der Waals surface area contributed by atoms with Crippen molar-refractivity contribution in [3.63, 3.8) is 0 Å². The molecule has 0 fully saturated rings. The first-order chi connectivity index (χ1) is 9.81. The van der Waals surface area contributed by atoms with E-state index in [-0.39, 0.29) is 12.3 Å². The molecule has 2 rings (SSSR count). The Labute approximate surface area is 125 Å². The van der Waals surface area contributed by atoms with E-state index in [4.69, 9.17) is 9.26 Å². The molecule has 0 aliphatic rings. The van der Waals surface area contributed by atoms with Crippen LogP contribution in [0.5, 0.6) is 0 Å². The molecule has 0 aliphatic heterocycles. The minimum Gasteiger partial charge on any atom is -0.381 e. The number of rotatable bonds is 8. The van der Waals surface area contributed by atoms with Gasteiger partial charge in [0.2, 0.25) is 5.91 Å². The van der Waals surface area contributed by atoms with Crippen molar-refractivity contribution < 1.29 is 14.1 Å². The molecule has 108 valence electrons. The number of halogens is 1. The van der Waals surface area contributed by atoms with E-state index < -0.39 is 0 Å². The Morgan fingerprint density at radius 3 is 3.05 bits per heavy atom. The molecule has 0 unspecified atom stereocenters. The maximum atomic E-state index is 11.8. The average Bonchev–Trinajstić information content (AvgIpc) is 2.86. The van der Waals surface area contributed by atoms with Gasteiger partial charge in [0.15, 0.2) is 5.58 Å². The lowest BCUT2D eigenvalue weighted by atomic mass is 10.1. The van der Waals surface area contributed by atoms with Gasteiger partial charge >= 0.3 is 0 Å². The lowest BCUT2D eigenvalue weighted by Crippen LogP contribution is -2.27. The van der Waals surface area contributed by atoms with E-state index in [0.717, 1.165) is 17.1 Å². The van der Waals surface area contributed by atoms with E-state index in [9.17, 15) is 4.79 Å². The van der Waals surface area contributed by atoms with Gasteiger partial charge in [-0.2, -0.15) is 0 Å². The zero-order valence-corrected chi connectivity index (χ0v) is 12.7. The number of para-hydroxylation sites is 1. The molecule has 0 atom stereocenters. The van der Waals surface area contributed by atoms with Crippen LogP contribution in [0.3, 0.4) is 0 Å². The van der Waals surface area contributed by atoms with Crippen molar-refractivity contribution in [2.24, 2.45) is 0 Å². The van der Waals surface area contributed by atoms with Gasteiger partial charge in [0.1, 0.15) is 5.69 Å². The van der Waals surface area contributed by atoms with Crippen LogP contribution in [0.1, 0.15) is 12.1 Å². The first-order valence-corrected chi connectivity index (χ1v) is 7.67. The molecule has 0 saturated heterocycles. The maximum Gasteiger partial charge on any atom is 0.226 e. The number of nitrogens with zero attached hydrogens (tertiary/aromatic N) is 1. The normalized spacial score (nSPS) is 10.8. The fourth-order valence-corrected chi connectivity index (χ4v) is 2.07. The number of carbonyl (C=O) groups is 1. The molecule has 6 heteroatoms. The van der Waals surface area contributed by atoms with Gasteiger partial charge in [-0.15, -0.1) is 0 Å². The summed E-state index contributed by atoms with van der Waals surface area (Å²) < 4.78 is 10.5. The van der Waals surface area contributed by atoms with Gasteiger partial charge in [-0.1, -0.05) is 33.2 Å². The maximum absolute atomic E-state index is 11.8. The Bertz CT molecular complexity index is 556. The molecule has 1 amide bonds. The summed E-state index contributed by atoms with van der Waals surface area (Å²) in [6.45, 7) is 1.95. The Kier molecular flexibility index (Phi) is 6.01. The SMILES string of the molecule is O=C(Cc1noc2ccccc12)NCCCOCCBr. The predicted molar refractivity (Wildman–Crippen MR) is 80.0 cm³/mol. The Morgan fingerprint density at radius 2 is 2.20 bits per heavy atom. The first-order valence-electron chi connectivity index (χ1n) is 6.55. The number of hydrogen-bond acceptors (Lipinski definition) is 4. The molecule has 1 N–H and O–H groups in total. The summed E-state index contributed by atoms with van der Waals surface area (Å²) in [6.07, 6.45) is 1.04. The number of nitrogens with one attached hydrogen (secondary N) is 1. The van der Waals surface area contributed by atoms with Crippen molar-refractivity contribution in [3.8, 4) is 0 Å². The van der Waals surface area contributed by atoms with Crippen molar-refractivity contribution in [2.45, 2.75) is 12.8 Å². The number of hydrogen-bond donors (Lipinski definition) is 1. The Balaban J connectivity index is 1.74. The van der Waals surface area contributed by atoms with Gasteiger partial charge in [0.05, 0.1) is 13.0 Å². The molecule has 20 heavy (non-hydrogen) atoms. The summed E-state index contributed by atoms with van der Waals surface area (Å²) in [5.41, 5.74) is 1.38. The van der Waals surface area contributed by atoms with Crippen LogP contribution in [-0.4, -0.2) is 36.2 Å². The van der Waals surface area contributed by atoms with Crippen molar-refractivity contribution in [2.75, 3.05) is 25.1 Å². The van der Waals surface area contributed by atoms with Crippen LogP contribution in [0.2, 0.25) is 0 Å². The number of amides is 1. The molecule has 1 aromatic heterocycles. The average molecular weight is 341 g/mol. The standard InChI is InChI=1S/C14H17BrN2O3/c15-6-9-19-8-3-7-16-14(18)10-12-11-4-1-2-5-13(11)20-17-12/h1-2,4-5H,3,6-10H2,(H,16,18). The molecule has 1 heterocycles. The van der Waals surface area contributed by atoms with E-state index in [1.165, 1.54) is 0 Å². The third-order valence-electron chi connectivity index (χ3n) is 2.79. The second-order valence-corrected chi connectivity index (χ2v) is 5.10. The molecule has 0 spiro atoms. The molecule has 0 aliphatic carbocycles. The van der Waals surface area contributed by atoms with Gasteiger partial charge in [-0.05, 0) is 18.6 Å². The number of fused-ring (bicyclic) bond motifs is 1. The largest absolute Gasteiger partial charge is 0.381 e. The Hall–Kier alpha value is -1.40. The van der Waals surface area contributed by atoms with E-state index >= 15 is 0 Å². The minimum absolute atomic E-state index is 0.0513. The quantitative estimate of drug-likeness (QED) is 0.591. The lowest BCUT2D eigenvalue weighted by Gasteiger charge is -2.04. The number of carbonyl (C=O) groups excluding carboxylic acids is 1. The van der Waals surface area contributed by atoms with Crippen LogP contribution >= 0.6 is 15.9 Å². The molecular formula is C14H17BrN2O3. The zero-order chi connectivity index (χ0) is 14.2. The molecular weight excluding hydrogens is 324 g/mol. The molecule has 0 bridgehead atoms. The van der Waals surface area contributed by atoms with E-state index in [1.807, 2.05) is 24.3 Å². The van der Waals surface area contributed by atoms with Crippen molar-refractivity contribution in [1.29, 1.82) is 0 Å². The van der Waals surface area contributed by atoms with Crippen molar-refractivity contribution in [3.05, 3.63) is 30.0 Å². The number of benzene rings is 1. The monoisotopic (exact) mass is 340 g/mol. The number of aromatic nitrogens is 1. The van der Waals surface area contributed by atoms with E-state index in [0.29, 0.717) is 31.0 Å². The van der Waals surface area contributed by atoms with Crippen LogP contribution in [0.15, 0.2) is 28.8 Å². The lowest BCUT2D eigenvalue weighted by molar-refractivity contribution is -0.120. The highest BCUT2D eigenvalue weighted by molar-refractivity contribution is 9.09. The molecule has 1 aromatic carbocycles. The van der Waals surface area contributed by atoms with E-state index in [2.05, 4.69) is 26.4 Å². The van der Waals surface area contributed by atoms with E-state index in [1.54, 1.807) is 0 Å². The number of ether oxygens (including phenoxy) is 1. The highest BCUT2D eigenvalue weighted by Crippen LogP contribution is 2.17. The van der Waals surface area contributed by atoms with Gasteiger partial charge in [-0.25, -0.2) is 0 Å². The summed E-state index contributed by atoms with van der Waals surface area (Å²) in [5.74, 6) is -0.0513. The second kappa shape index (κ2) is 8.01. The fourth-order valence-electron chi connectivity index (χ4n) is 1.84. The minimum atomic E-state index is -0.0513. The van der Waals surface area contributed by atoms with Crippen LogP contribution in [-0.2, 0) is 16.0 Å². The summed E-state index contributed by atoms with van der Waals surface area (Å²) in [7, 11) is 0. The summed E-state index contributed by atoms with van der Waals surface area (Å²) in [6, 6.07) is 7.53. The van der Waals surface area contributed by atoms with Crippen molar-refractivity contribution in [1.82, 2.24) is 10.5 Å². The van der Waals surface area contributed by atoms with Crippen LogP contribution in [0.4, 0.5) is 0 Å². The van der Waals surface area contributed by atoms with Crippen LogP contribution in [0.25, 0.3) is 11.0 Å². The highest BCUT2D eigenvalue weighted by atomic mass is 79.9. The predicted octanol–water partition coefficient (Wildman–Crippen LogP) is 2.29. The van der Waals surface area contributed by atoms with Gasteiger partial charge < -0.3 is 14.6 Å². The molecule has 0 radical (unpaired) electrons. The van der Waals surface area contributed by atoms with Gasteiger partial charge in [0, 0.05) is 23.9 Å². The summed E-state index contributed by atoms with van der Waals surface area (Å²) in [4.78, 5) is 11.8. The van der Waals surface area contributed by atoms with Crippen LogP contribution in [0, 0.1) is 0 Å². The zero-order valence-electron chi connectivity index (χ0n) is 11.1.